The number of nitrogen functional groups attached to an aromatic ring is 1. The lowest BCUT2D eigenvalue weighted by atomic mass is 10.7. The molecule has 0 atom stereocenters. The van der Waals surface area contributed by atoms with Gasteiger partial charge < -0.3 is 5.73 Å². The number of nitrogens with two attached hydrogens (primary N) is 1. The summed E-state index contributed by atoms with van der Waals surface area (Å²) in [6.45, 7) is 0. The number of hydrogen-bond acceptors (Lipinski definition) is 4. The van der Waals surface area contributed by atoms with Gasteiger partial charge >= 0.3 is 0 Å². The highest BCUT2D eigenvalue weighted by Gasteiger charge is 2.05. The minimum absolute atomic E-state index is 0.438. The molecule has 0 amide bonds. The summed E-state index contributed by atoms with van der Waals surface area (Å²) in [7, 11) is 0. The molecule has 2 heterocycles. The fourth-order valence-corrected chi connectivity index (χ4v) is 1.79. The second-order valence-corrected chi connectivity index (χ2v) is 3.67. The van der Waals surface area contributed by atoms with Gasteiger partial charge in [-0.15, -0.1) is 11.3 Å². The molecule has 12 heavy (non-hydrogen) atoms. The molecule has 0 fully saturated rings. The topological polar surface area (TPSA) is 56.7 Å². The number of halogens is 1. The Morgan fingerprint density at radius 1 is 1.58 bits per heavy atom. The molecule has 2 N–H and O–H groups in total. The van der Waals surface area contributed by atoms with E-state index in [1.165, 1.54) is 11.3 Å². The summed E-state index contributed by atoms with van der Waals surface area (Å²) >= 11 is 4.75. The molecule has 0 saturated carbocycles. The highest BCUT2D eigenvalue weighted by atomic mass is 79.9. The fraction of sp³-hybridized carbons (Fsp3) is 0. The van der Waals surface area contributed by atoms with Crippen molar-refractivity contribution >= 4 is 33.2 Å². The first kappa shape index (κ1) is 7.75. The largest absolute Gasteiger partial charge is 0.369 e. The maximum absolute atomic E-state index is 5.62. The van der Waals surface area contributed by atoms with Gasteiger partial charge in [-0.1, -0.05) is 0 Å². The number of anilines is 1. The van der Waals surface area contributed by atoms with Crippen LogP contribution in [-0.2, 0) is 0 Å². The fourth-order valence-electron chi connectivity index (χ4n) is 0.873. The quantitative estimate of drug-likeness (QED) is 0.831. The van der Waals surface area contributed by atoms with Gasteiger partial charge in [0.15, 0.2) is 0 Å². The summed E-state index contributed by atoms with van der Waals surface area (Å²) in [6, 6.07) is 0. The van der Waals surface area contributed by atoms with Gasteiger partial charge in [0.1, 0.15) is 10.4 Å². The van der Waals surface area contributed by atoms with Crippen LogP contribution in [0, 0.1) is 0 Å². The maximum atomic E-state index is 5.62. The highest BCUT2D eigenvalue weighted by Crippen LogP contribution is 2.16. The van der Waals surface area contributed by atoms with Crippen molar-refractivity contribution in [1.29, 1.82) is 0 Å². The van der Waals surface area contributed by atoms with Gasteiger partial charge in [0.25, 0.3) is 0 Å². The van der Waals surface area contributed by atoms with Crippen LogP contribution in [0.15, 0.2) is 21.7 Å². The minimum Gasteiger partial charge on any atom is -0.369 e. The highest BCUT2D eigenvalue weighted by molar-refractivity contribution is 9.10. The number of rotatable bonds is 1. The van der Waals surface area contributed by atoms with Crippen molar-refractivity contribution in [1.82, 2.24) is 14.5 Å². The summed E-state index contributed by atoms with van der Waals surface area (Å²) in [5, 5.41) is 1.91. The van der Waals surface area contributed by atoms with E-state index in [-0.39, 0.29) is 0 Å². The third-order valence-corrected chi connectivity index (χ3v) is 2.33. The van der Waals surface area contributed by atoms with Gasteiger partial charge in [-0.2, -0.15) is 0 Å². The Bertz CT molecular complexity index is 380. The summed E-state index contributed by atoms with van der Waals surface area (Å²) in [4.78, 5) is 8.09. The van der Waals surface area contributed by atoms with Gasteiger partial charge in [0.2, 0.25) is 5.95 Å². The minimum atomic E-state index is 0.438. The molecule has 62 valence electrons. The lowest BCUT2D eigenvalue weighted by Gasteiger charge is -1.96. The molecule has 0 bridgehead atoms. The van der Waals surface area contributed by atoms with Crippen LogP contribution in [0.5, 0.6) is 0 Å². The van der Waals surface area contributed by atoms with Gasteiger partial charge in [-0.3, -0.25) is 4.57 Å². The van der Waals surface area contributed by atoms with Crippen LogP contribution >= 0.6 is 27.3 Å². The predicted octanol–water partition coefficient (Wildman–Crippen LogP) is 1.67. The van der Waals surface area contributed by atoms with Crippen molar-refractivity contribution < 1.29 is 0 Å². The van der Waals surface area contributed by atoms with Gasteiger partial charge in [0, 0.05) is 11.6 Å². The number of thiazole rings is 1. The second kappa shape index (κ2) is 2.87. The molecule has 0 aliphatic carbocycles. The van der Waals surface area contributed by atoms with E-state index in [0.29, 0.717) is 10.6 Å². The van der Waals surface area contributed by atoms with E-state index in [1.807, 2.05) is 5.38 Å². The molecule has 0 aromatic carbocycles. The molecule has 0 aliphatic rings. The van der Waals surface area contributed by atoms with E-state index in [1.54, 1.807) is 16.3 Å². The third kappa shape index (κ3) is 1.23. The van der Waals surface area contributed by atoms with E-state index in [4.69, 9.17) is 5.73 Å². The van der Waals surface area contributed by atoms with Gasteiger partial charge in [-0.25, -0.2) is 9.97 Å². The predicted molar refractivity (Wildman–Crippen MR) is 51.3 cm³/mol. The number of imidazole rings is 1. The van der Waals surface area contributed by atoms with Gasteiger partial charge in [0.05, 0.1) is 5.51 Å². The van der Waals surface area contributed by atoms with E-state index in [0.717, 1.165) is 5.82 Å². The van der Waals surface area contributed by atoms with Crippen molar-refractivity contribution in [3.63, 3.8) is 0 Å². The molecule has 6 heteroatoms. The first-order valence-electron chi connectivity index (χ1n) is 3.16. The molecule has 0 saturated heterocycles. The van der Waals surface area contributed by atoms with Crippen molar-refractivity contribution in [3.05, 3.63) is 21.7 Å². The molecule has 2 rings (SSSR count). The lowest BCUT2D eigenvalue weighted by Crippen LogP contribution is -1.99. The average molecular weight is 245 g/mol. The molecule has 0 aliphatic heterocycles. The first-order valence-corrected chi connectivity index (χ1v) is 4.90. The Morgan fingerprint density at radius 2 is 2.42 bits per heavy atom. The van der Waals surface area contributed by atoms with E-state index >= 15 is 0 Å². The Hall–Kier alpha value is -0.880. The lowest BCUT2D eigenvalue weighted by molar-refractivity contribution is 1.03. The zero-order chi connectivity index (χ0) is 8.55. The van der Waals surface area contributed by atoms with Crippen LogP contribution in [0.4, 0.5) is 5.95 Å². The second-order valence-electron chi connectivity index (χ2n) is 2.14. The maximum Gasteiger partial charge on any atom is 0.207 e. The first-order chi connectivity index (χ1) is 5.77. The van der Waals surface area contributed by atoms with E-state index in [2.05, 4.69) is 25.9 Å². The van der Waals surface area contributed by atoms with Crippen molar-refractivity contribution in [2.24, 2.45) is 0 Å². The standard InChI is InChI=1S/C6H5BrN4S/c7-4-1-11(6(8)10-4)5-2-12-3-9-5/h1-3H,(H2,8,10). The van der Waals surface area contributed by atoms with Crippen LogP contribution < -0.4 is 5.73 Å². The number of nitrogens with zero attached hydrogens (tertiary/aromatic N) is 3. The Labute approximate surface area is 81.2 Å². The smallest absolute Gasteiger partial charge is 0.207 e. The molecule has 4 nitrogen and oxygen atoms in total. The van der Waals surface area contributed by atoms with Crippen LogP contribution in [0.25, 0.3) is 5.82 Å². The van der Waals surface area contributed by atoms with Crippen LogP contribution in [0.3, 0.4) is 0 Å². The number of hydrogen-bond donors (Lipinski definition) is 1. The van der Waals surface area contributed by atoms with Crippen molar-refractivity contribution in [3.8, 4) is 5.82 Å². The Morgan fingerprint density at radius 3 is 2.92 bits per heavy atom. The Balaban J connectivity index is 2.54. The third-order valence-electron chi connectivity index (χ3n) is 1.37. The SMILES string of the molecule is Nc1nc(Br)cn1-c1cscn1. The molecule has 0 spiro atoms. The molecule has 0 unspecified atom stereocenters. The average Bonchev–Trinajstić information content (AvgIpc) is 2.58. The van der Waals surface area contributed by atoms with Crippen LogP contribution in [0.1, 0.15) is 0 Å². The summed E-state index contributed by atoms with van der Waals surface area (Å²) < 4.78 is 2.44. The number of aromatic nitrogens is 3. The summed E-state index contributed by atoms with van der Waals surface area (Å²) in [6.07, 6.45) is 1.78. The Kier molecular flexibility index (Phi) is 1.86. The monoisotopic (exact) mass is 244 g/mol. The zero-order valence-electron chi connectivity index (χ0n) is 5.94. The van der Waals surface area contributed by atoms with Crippen LogP contribution in [-0.4, -0.2) is 14.5 Å². The molecule has 2 aromatic heterocycles. The van der Waals surface area contributed by atoms with Crippen molar-refractivity contribution in [2.75, 3.05) is 5.73 Å². The zero-order valence-corrected chi connectivity index (χ0v) is 8.34. The summed E-state index contributed by atoms with van der Waals surface area (Å²) in [5.74, 6) is 1.24. The van der Waals surface area contributed by atoms with E-state index < -0.39 is 0 Å². The molecule has 0 radical (unpaired) electrons. The normalized spacial score (nSPS) is 10.4. The molecule has 2 aromatic rings. The summed E-state index contributed by atoms with van der Waals surface area (Å²) in [5.41, 5.74) is 7.37. The molecular formula is C6H5BrN4S. The van der Waals surface area contributed by atoms with Crippen LogP contribution in [0.2, 0.25) is 0 Å². The molecular weight excluding hydrogens is 240 g/mol. The van der Waals surface area contributed by atoms with E-state index in [9.17, 15) is 0 Å². The van der Waals surface area contributed by atoms with Gasteiger partial charge in [-0.05, 0) is 15.9 Å². The van der Waals surface area contributed by atoms with Crippen molar-refractivity contribution in [2.45, 2.75) is 0 Å².